The van der Waals surface area contributed by atoms with Crippen LogP contribution in [-0.4, -0.2) is 25.1 Å². The molecule has 2 rings (SSSR count). The topological polar surface area (TPSA) is 73.6 Å². The summed E-state index contributed by atoms with van der Waals surface area (Å²) in [5.41, 5.74) is 12.8. The first-order chi connectivity index (χ1) is 8.79. The van der Waals surface area contributed by atoms with Gasteiger partial charge in [0.15, 0.2) is 0 Å². The second-order valence-electron chi connectivity index (χ2n) is 5.38. The van der Waals surface area contributed by atoms with Crippen molar-refractivity contribution in [3.05, 3.63) is 11.8 Å². The molecule has 1 aliphatic heterocycles. The Balaban J connectivity index is 1.86. The molecule has 4 nitrogen and oxygen atoms in total. The maximum atomic E-state index is 5.93. The van der Waals surface area contributed by atoms with Crippen LogP contribution in [0.15, 0.2) is 16.8 Å². The Morgan fingerprint density at radius 1 is 1.11 bits per heavy atom. The minimum Gasteiger partial charge on any atom is -0.404 e. The Morgan fingerprint density at radius 3 is 2.50 bits per heavy atom. The normalized spacial score (nSPS) is 34.9. The summed E-state index contributed by atoms with van der Waals surface area (Å²) in [7, 11) is 0. The summed E-state index contributed by atoms with van der Waals surface area (Å²) in [6.07, 6.45) is 11.5. The molecular weight excluding hydrogens is 226 g/mol. The standard InChI is InChI=1S/C14H25N3O/c15-9-12(11-4-6-13(16)7-5-11)10-17-14-3-1-2-8-18-14/h9-11,13-14H,1-8,15-16H2. The lowest BCUT2D eigenvalue weighted by atomic mass is 9.82. The van der Waals surface area contributed by atoms with E-state index in [4.69, 9.17) is 16.2 Å². The maximum absolute atomic E-state index is 5.93. The van der Waals surface area contributed by atoms with Crippen LogP contribution in [0.25, 0.3) is 0 Å². The summed E-state index contributed by atoms with van der Waals surface area (Å²) in [4.78, 5) is 4.52. The first-order valence-corrected chi connectivity index (χ1v) is 7.11. The zero-order chi connectivity index (χ0) is 12.8. The molecule has 1 heterocycles. The van der Waals surface area contributed by atoms with E-state index in [1.807, 2.05) is 6.21 Å². The van der Waals surface area contributed by atoms with Crippen molar-refractivity contribution in [3.8, 4) is 0 Å². The zero-order valence-corrected chi connectivity index (χ0v) is 11.1. The van der Waals surface area contributed by atoms with Gasteiger partial charge in [0, 0.05) is 18.9 Å². The summed E-state index contributed by atoms with van der Waals surface area (Å²) < 4.78 is 5.59. The zero-order valence-electron chi connectivity index (χ0n) is 11.1. The summed E-state index contributed by atoms with van der Waals surface area (Å²) in [6, 6.07) is 0.374. The number of nitrogens with zero attached hydrogens (tertiary/aromatic N) is 1. The van der Waals surface area contributed by atoms with Gasteiger partial charge in [-0.25, -0.2) is 0 Å². The van der Waals surface area contributed by atoms with Crippen LogP contribution in [0.1, 0.15) is 44.9 Å². The van der Waals surface area contributed by atoms with Crippen molar-refractivity contribution < 1.29 is 4.74 Å². The van der Waals surface area contributed by atoms with Crippen LogP contribution < -0.4 is 11.5 Å². The number of rotatable bonds is 3. The van der Waals surface area contributed by atoms with Gasteiger partial charge in [-0.05, 0) is 62.6 Å². The van der Waals surface area contributed by atoms with Gasteiger partial charge in [0.25, 0.3) is 0 Å². The molecule has 0 amide bonds. The second-order valence-corrected chi connectivity index (χ2v) is 5.38. The number of aliphatic imine (C=N–C) groups is 1. The Bertz CT molecular complexity index is 300. The lowest BCUT2D eigenvalue weighted by Crippen LogP contribution is -2.27. The third-order valence-electron chi connectivity index (χ3n) is 3.98. The minimum absolute atomic E-state index is 0.0412. The maximum Gasteiger partial charge on any atom is 0.148 e. The summed E-state index contributed by atoms with van der Waals surface area (Å²) in [5.74, 6) is 0.530. The van der Waals surface area contributed by atoms with Crippen molar-refractivity contribution in [2.75, 3.05) is 6.61 Å². The molecule has 1 aliphatic carbocycles. The Labute approximate surface area is 109 Å². The molecule has 0 spiro atoms. The highest BCUT2D eigenvalue weighted by atomic mass is 16.5. The second kappa shape index (κ2) is 6.90. The van der Waals surface area contributed by atoms with E-state index in [0.29, 0.717) is 12.0 Å². The molecule has 4 N–H and O–H groups in total. The van der Waals surface area contributed by atoms with E-state index in [2.05, 4.69) is 4.99 Å². The fourth-order valence-corrected chi connectivity index (χ4v) is 2.75. The van der Waals surface area contributed by atoms with Gasteiger partial charge >= 0.3 is 0 Å². The van der Waals surface area contributed by atoms with Crippen LogP contribution in [0.2, 0.25) is 0 Å². The number of nitrogens with two attached hydrogens (primary N) is 2. The molecule has 1 unspecified atom stereocenters. The third-order valence-corrected chi connectivity index (χ3v) is 3.98. The predicted molar refractivity (Wildman–Crippen MR) is 74.3 cm³/mol. The number of hydrogen-bond acceptors (Lipinski definition) is 4. The number of ether oxygens (including phenoxy) is 1. The molecule has 4 heteroatoms. The van der Waals surface area contributed by atoms with Gasteiger partial charge in [-0.3, -0.25) is 4.99 Å². The molecule has 1 saturated heterocycles. The first-order valence-electron chi connectivity index (χ1n) is 7.11. The van der Waals surface area contributed by atoms with E-state index in [9.17, 15) is 0 Å². The van der Waals surface area contributed by atoms with Crippen LogP contribution in [-0.2, 0) is 4.74 Å². The van der Waals surface area contributed by atoms with Crippen LogP contribution in [0.4, 0.5) is 0 Å². The van der Waals surface area contributed by atoms with E-state index in [1.165, 1.54) is 6.42 Å². The molecule has 0 bridgehead atoms. The number of hydrogen-bond donors (Lipinski definition) is 2. The first kappa shape index (κ1) is 13.6. The highest BCUT2D eigenvalue weighted by Gasteiger charge is 2.21. The molecule has 0 radical (unpaired) electrons. The molecule has 18 heavy (non-hydrogen) atoms. The molecule has 2 fully saturated rings. The molecule has 1 atom stereocenters. The third kappa shape index (κ3) is 3.82. The van der Waals surface area contributed by atoms with Gasteiger partial charge < -0.3 is 16.2 Å². The van der Waals surface area contributed by atoms with Gasteiger partial charge in [0.1, 0.15) is 6.23 Å². The van der Waals surface area contributed by atoms with Gasteiger partial charge in [0.05, 0.1) is 0 Å². The quantitative estimate of drug-likeness (QED) is 0.753. The SMILES string of the molecule is NC=C(C=NC1CCCCO1)C1CCC(N)CC1. The van der Waals surface area contributed by atoms with Crippen molar-refractivity contribution in [2.24, 2.45) is 22.4 Å². The molecule has 2 aliphatic rings. The Hall–Kier alpha value is -0.870. The van der Waals surface area contributed by atoms with E-state index in [-0.39, 0.29) is 6.23 Å². The lowest BCUT2D eigenvalue weighted by Gasteiger charge is -2.26. The minimum atomic E-state index is 0.0412. The largest absolute Gasteiger partial charge is 0.404 e. The van der Waals surface area contributed by atoms with E-state index in [1.54, 1.807) is 6.20 Å². The Morgan fingerprint density at radius 2 is 1.89 bits per heavy atom. The van der Waals surface area contributed by atoms with Gasteiger partial charge in [-0.15, -0.1) is 0 Å². The fourth-order valence-electron chi connectivity index (χ4n) is 2.75. The van der Waals surface area contributed by atoms with Crippen molar-refractivity contribution in [1.82, 2.24) is 0 Å². The van der Waals surface area contributed by atoms with Crippen LogP contribution in [0, 0.1) is 5.92 Å². The predicted octanol–water partition coefficient (Wildman–Crippen LogP) is 1.94. The molecule has 0 aromatic heterocycles. The van der Waals surface area contributed by atoms with Crippen LogP contribution in [0.5, 0.6) is 0 Å². The van der Waals surface area contributed by atoms with E-state index in [0.717, 1.165) is 50.7 Å². The van der Waals surface area contributed by atoms with Crippen LogP contribution >= 0.6 is 0 Å². The Kier molecular flexibility index (Phi) is 5.20. The molecular formula is C14H25N3O. The lowest BCUT2D eigenvalue weighted by molar-refractivity contribution is 0.0226. The summed E-state index contributed by atoms with van der Waals surface area (Å²) in [5, 5.41) is 0. The van der Waals surface area contributed by atoms with Gasteiger partial charge in [0.2, 0.25) is 0 Å². The van der Waals surface area contributed by atoms with Crippen molar-refractivity contribution >= 4 is 6.21 Å². The number of allylic oxidation sites excluding steroid dienone is 1. The van der Waals surface area contributed by atoms with E-state index >= 15 is 0 Å². The van der Waals surface area contributed by atoms with Crippen LogP contribution in [0.3, 0.4) is 0 Å². The summed E-state index contributed by atoms with van der Waals surface area (Å²) >= 11 is 0. The smallest absolute Gasteiger partial charge is 0.148 e. The van der Waals surface area contributed by atoms with E-state index < -0.39 is 0 Å². The van der Waals surface area contributed by atoms with Crippen molar-refractivity contribution in [2.45, 2.75) is 57.2 Å². The molecule has 102 valence electrons. The van der Waals surface area contributed by atoms with Gasteiger partial charge in [-0.1, -0.05) is 0 Å². The fraction of sp³-hybridized carbons (Fsp3) is 0.786. The molecule has 0 aromatic carbocycles. The molecule has 1 saturated carbocycles. The average Bonchev–Trinajstić information content (AvgIpc) is 2.42. The average molecular weight is 251 g/mol. The summed E-state index contributed by atoms with van der Waals surface area (Å²) in [6.45, 7) is 0.835. The van der Waals surface area contributed by atoms with Crippen molar-refractivity contribution in [1.29, 1.82) is 0 Å². The molecule has 0 aromatic rings. The highest BCUT2D eigenvalue weighted by molar-refractivity contribution is 5.79. The monoisotopic (exact) mass is 251 g/mol. The highest BCUT2D eigenvalue weighted by Crippen LogP contribution is 2.28. The van der Waals surface area contributed by atoms with Crippen molar-refractivity contribution in [3.63, 3.8) is 0 Å². The van der Waals surface area contributed by atoms with Gasteiger partial charge in [-0.2, -0.15) is 0 Å².